The van der Waals surface area contributed by atoms with Gasteiger partial charge in [0.15, 0.2) is 5.82 Å². The molecule has 178 valence electrons. The first kappa shape index (κ1) is 24.0. The van der Waals surface area contributed by atoms with Crippen LogP contribution in [0.4, 0.5) is 15.3 Å². The topological polar surface area (TPSA) is 147 Å². The largest absolute Gasteiger partial charge is 0.465 e. The summed E-state index contributed by atoms with van der Waals surface area (Å²) in [7, 11) is 0. The summed E-state index contributed by atoms with van der Waals surface area (Å²) in [5, 5.41) is 18.4. The minimum Gasteiger partial charge on any atom is -0.465 e. The molecule has 1 aliphatic heterocycles. The Balaban J connectivity index is 1.77. The highest BCUT2D eigenvalue weighted by Crippen LogP contribution is 2.39. The van der Waals surface area contributed by atoms with Crippen LogP contribution in [0.5, 0.6) is 0 Å². The van der Waals surface area contributed by atoms with E-state index in [1.165, 1.54) is 6.92 Å². The lowest BCUT2D eigenvalue weighted by Gasteiger charge is -2.38. The number of amides is 3. The zero-order valence-electron chi connectivity index (χ0n) is 19.3. The summed E-state index contributed by atoms with van der Waals surface area (Å²) < 4.78 is 10.6. The first-order chi connectivity index (χ1) is 15.4. The molecular weight excluding hydrogens is 430 g/mol. The van der Waals surface area contributed by atoms with E-state index in [1.807, 2.05) is 6.92 Å². The fraction of sp³-hybridized carbons (Fsp3) is 0.500. The number of hydrogen-bond acceptors (Lipinski definition) is 7. The van der Waals surface area contributed by atoms with Gasteiger partial charge in [0.1, 0.15) is 5.60 Å². The van der Waals surface area contributed by atoms with E-state index in [-0.39, 0.29) is 24.4 Å². The van der Waals surface area contributed by atoms with E-state index in [2.05, 4.69) is 20.8 Å². The maximum absolute atomic E-state index is 12.2. The Labute approximate surface area is 191 Å². The number of benzene rings is 1. The van der Waals surface area contributed by atoms with Gasteiger partial charge in [0.05, 0.1) is 6.04 Å². The molecule has 0 bridgehead atoms. The van der Waals surface area contributed by atoms with Gasteiger partial charge in [-0.2, -0.15) is 4.98 Å². The third kappa shape index (κ3) is 5.99. The molecule has 11 nitrogen and oxygen atoms in total. The summed E-state index contributed by atoms with van der Waals surface area (Å²) in [6, 6.07) is 4.62. The zero-order valence-corrected chi connectivity index (χ0v) is 19.3. The number of nitrogens with one attached hydrogen (secondary N) is 2. The van der Waals surface area contributed by atoms with Crippen molar-refractivity contribution >= 4 is 23.8 Å². The van der Waals surface area contributed by atoms with Crippen LogP contribution in [0.1, 0.15) is 58.5 Å². The zero-order chi connectivity index (χ0) is 24.3. The smallest absolute Gasteiger partial charge is 0.407 e. The highest BCUT2D eigenvalue weighted by molar-refractivity contribution is 5.94. The second kappa shape index (κ2) is 9.47. The summed E-state index contributed by atoms with van der Waals surface area (Å²) in [5.41, 5.74) is 1.32. The molecule has 0 unspecified atom stereocenters. The fourth-order valence-electron chi connectivity index (χ4n) is 3.83. The number of aromatic nitrogens is 2. The van der Waals surface area contributed by atoms with Gasteiger partial charge in [-0.15, -0.1) is 0 Å². The van der Waals surface area contributed by atoms with Gasteiger partial charge < -0.3 is 29.9 Å². The molecule has 0 saturated heterocycles. The van der Waals surface area contributed by atoms with E-state index in [0.717, 1.165) is 0 Å². The van der Waals surface area contributed by atoms with Gasteiger partial charge in [0, 0.05) is 37.2 Å². The molecule has 3 N–H and O–H groups in total. The number of rotatable bonds is 5. The van der Waals surface area contributed by atoms with Crippen molar-refractivity contribution in [2.75, 3.05) is 11.4 Å². The second-order valence-electron chi connectivity index (χ2n) is 8.94. The van der Waals surface area contributed by atoms with E-state index in [0.29, 0.717) is 35.5 Å². The normalized spacial score (nSPS) is 17.8. The van der Waals surface area contributed by atoms with Crippen molar-refractivity contribution in [3.8, 4) is 11.5 Å². The van der Waals surface area contributed by atoms with Crippen LogP contribution in [0, 0.1) is 0 Å². The molecule has 3 amide bonds. The summed E-state index contributed by atoms with van der Waals surface area (Å²) >= 11 is 0. The summed E-state index contributed by atoms with van der Waals surface area (Å²) in [4.78, 5) is 41.3. The summed E-state index contributed by atoms with van der Waals surface area (Å²) in [5.74, 6) is 0.535. The third-order valence-electron chi connectivity index (χ3n) is 5.05. The Morgan fingerprint density at radius 2 is 2.03 bits per heavy atom. The molecule has 0 fully saturated rings. The monoisotopic (exact) mass is 459 g/mol. The molecule has 1 aromatic heterocycles. The molecule has 0 saturated carbocycles. The van der Waals surface area contributed by atoms with Gasteiger partial charge in [-0.05, 0) is 57.9 Å². The highest BCUT2D eigenvalue weighted by Gasteiger charge is 2.33. The van der Waals surface area contributed by atoms with Crippen molar-refractivity contribution in [3.05, 3.63) is 29.6 Å². The van der Waals surface area contributed by atoms with E-state index in [4.69, 9.17) is 9.26 Å². The number of alkyl carbamates (subject to hydrolysis) is 1. The minimum atomic E-state index is -1.14. The number of anilines is 1. The molecule has 0 aliphatic carbocycles. The van der Waals surface area contributed by atoms with Gasteiger partial charge in [0.25, 0.3) is 5.89 Å². The molecule has 2 aromatic rings. The number of ether oxygens (including phenoxy) is 1. The summed E-state index contributed by atoms with van der Waals surface area (Å²) in [6.07, 6.45) is -0.889. The number of carboxylic acid groups (broad SMARTS) is 1. The van der Waals surface area contributed by atoms with E-state index >= 15 is 0 Å². The van der Waals surface area contributed by atoms with Gasteiger partial charge in [-0.1, -0.05) is 5.16 Å². The highest BCUT2D eigenvalue weighted by atomic mass is 16.6. The molecule has 2 atom stereocenters. The molecule has 11 heteroatoms. The quantitative estimate of drug-likeness (QED) is 0.617. The van der Waals surface area contributed by atoms with Crippen LogP contribution in [0.2, 0.25) is 0 Å². The molecule has 1 aliphatic rings. The van der Waals surface area contributed by atoms with E-state index in [9.17, 15) is 19.5 Å². The molecule has 0 radical (unpaired) electrons. The van der Waals surface area contributed by atoms with E-state index in [1.54, 1.807) is 43.9 Å². The molecule has 1 aromatic carbocycles. The van der Waals surface area contributed by atoms with Crippen molar-refractivity contribution in [2.45, 2.75) is 65.1 Å². The van der Waals surface area contributed by atoms with Crippen molar-refractivity contribution < 1.29 is 28.8 Å². The van der Waals surface area contributed by atoms with Crippen molar-refractivity contribution in [3.63, 3.8) is 0 Å². The Kier molecular flexibility index (Phi) is 6.89. The predicted octanol–water partition coefficient (Wildman–Crippen LogP) is 3.26. The first-order valence-corrected chi connectivity index (χ1v) is 10.7. The molecule has 0 spiro atoms. The van der Waals surface area contributed by atoms with Crippen molar-refractivity contribution in [1.29, 1.82) is 0 Å². The fourth-order valence-corrected chi connectivity index (χ4v) is 3.83. The Hall–Kier alpha value is -3.63. The van der Waals surface area contributed by atoms with Gasteiger partial charge in [-0.3, -0.25) is 4.79 Å². The summed E-state index contributed by atoms with van der Waals surface area (Å²) in [6.45, 7) is 8.98. The van der Waals surface area contributed by atoms with Crippen LogP contribution in [-0.2, 0) is 16.0 Å². The van der Waals surface area contributed by atoms with E-state index < -0.39 is 23.8 Å². The SMILES string of the molecule is CC(=O)N1c2ccc(-c3nc(CCNC(=O)OC(C)(C)C)no3)cc2[C@H](NC(=O)O)C[C@@H]1C. The average molecular weight is 460 g/mol. The standard InChI is InChI=1S/C22H29N5O6/c1-12-10-16(24-20(29)30)15-11-14(6-7-17(15)27(12)13(2)28)19-25-18(26-33-19)8-9-23-21(31)32-22(3,4)5/h6-7,11-12,16,24H,8-10H2,1-5H3,(H,23,31)(H,29,30)/t12-,16+/m0/s1. The second-order valence-corrected chi connectivity index (χ2v) is 8.94. The molecule has 33 heavy (non-hydrogen) atoms. The number of carbonyl (C=O) groups is 3. The number of nitrogens with zero attached hydrogens (tertiary/aromatic N) is 3. The molecule has 3 rings (SSSR count). The molecule has 2 heterocycles. The number of hydrogen-bond donors (Lipinski definition) is 3. The van der Waals surface area contributed by atoms with Crippen LogP contribution in [0.25, 0.3) is 11.5 Å². The van der Waals surface area contributed by atoms with Gasteiger partial charge in [-0.25, -0.2) is 9.59 Å². The Bertz CT molecular complexity index is 1040. The number of fused-ring (bicyclic) bond motifs is 1. The van der Waals surface area contributed by atoms with Crippen LogP contribution in [0.15, 0.2) is 22.7 Å². The number of carbonyl (C=O) groups excluding carboxylic acids is 2. The minimum absolute atomic E-state index is 0.122. The lowest BCUT2D eigenvalue weighted by atomic mass is 9.90. The van der Waals surface area contributed by atoms with Gasteiger partial charge >= 0.3 is 12.2 Å². The van der Waals surface area contributed by atoms with Crippen LogP contribution in [0.3, 0.4) is 0 Å². The lowest BCUT2D eigenvalue weighted by Crippen LogP contribution is -2.45. The van der Waals surface area contributed by atoms with Crippen LogP contribution >= 0.6 is 0 Å². The Morgan fingerprint density at radius 3 is 2.67 bits per heavy atom. The van der Waals surface area contributed by atoms with Crippen LogP contribution < -0.4 is 15.5 Å². The van der Waals surface area contributed by atoms with Gasteiger partial charge in [0.2, 0.25) is 5.91 Å². The van der Waals surface area contributed by atoms with Crippen molar-refractivity contribution in [2.24, 2.45) is 0 Å². The van der Waals surface area contributed by atoms with Crippen LogP contribution in [-0.4, -0.2) is 51.5 Å². The first-order valence-electron chi connectivity index (χ1n) is 10.7. The Morgan fingerprint density at radius 1 is 1.30 bits per heavy atom. The van der Waals surface area contributed by atoms with Crippen molar-refractivity contribution in [1.82, 2.24) is 20.8 Å². The molecular formula is C22H29N5O6. The predicted molar refractivity (Wildman–Crippen MR) is 119 cm³/mol. The lowest BCUT2D eigenvalue weighted by molar-refractivity contribution is -0.117. The maximum Gasteiger partial charge on any atom is 0.407 e. The maximum atomic E-state index is 12.2. The average Bonchev–Trinajstić information content (AvgIpc) is 3.14. The third-order valence-corrected chi connectivity index (χ3v) is 5.05.